The Labute approximate surface area is 121 Å². The van der Waals surface area contributed by atoms with Crippen LogP contribution < -0.4 is 5.32 Å². The first kappa shape index (κ1) is 14.8. The molecule has 0 aliphatic carbocycles. The lowest BCUT2D eigenvalue weighted by atomic mass is 10.2. The van der Waals surface area contributed by atoms with Crippen LogP contribution in [-0.4, -0.2) is 26.1 Å². The first-order valence-corrected chi connectivity index (χ1v) is 7.32. The molecule has 2 aromatic rings. The molecule has 0 amide bonds. The molecule has 0 atom stereocenters. The Morgan fingerprint density at radius 1 is 1.20 bits per heavy atom. The fourth-order valence-corrected chi connectivity index (χ4v) is 2.44. The quantitative estimate of drug-likeness (QED) is 0.876. The summed E-state index contributed by atoms with van der Waals surface area (Å²) in [6.45, 7) is 11.1. The van der Waals surface area contributed by atoms with Gasteiger partial charge in [-0.15, -0.1) is 0 Å². The lowest BCUT2D eigenvalue weighted by Gasteiger charge is -2.06. The van der Waals surface area contributed by atoms with Crippen LogP contribution in [0.1, 0.15) is 42.2 Å². The van der Waals surface area contributed by atoms with Gasteiger partial charge in [-0.2, -0.15) is 10.2 Å². The molecule has 0 saturated heterocycles. The zero-order chi connectivity index (χ0) is 14.7. The van der Waals surface area contributed by atoms with Gasteiger partial charge < -0.3 is 5.32 Å². The van der Waals surface area contributed by atoms with Crippen LogP contribution in [0.2, 0.25) is 0 Å². The largest absolute Gasteiger partial charge is 0.313 e. The van der Waals surface area contributed by atoms with E-state index in [4.69, 9.17) is 0 Å². The third-order valence-corrected chi connectivity index (χ3v) is 3.78. The summed E-state index contributed by atoms with van der Waals surface area (Å²) in [4.78, 5) is 0. The Kier molecular flexibility index (Phi) is 4.60. The molecule has 0 aromatic carbocycles. The molecule has 0 spiro atoms. The van der Waals surface area contributed by atoms with Gasteiger partial charge in [0.15, 0.2) is 0 Å². The lowest BCUT2D eigenvalue weighted by molar-refractivity contribution is 0.601. The van der Waals surface area contributed by atoms with E-state index in [9.17, 15) is 0 Å². The van der Waals surface area contributed by atoms with Crippen molar-refractivity contribution in [2.45, 2.75) is 47.2 Å². The highest BCUT2D eigenvalue weighted by Gasteiger charge is 2.13. The number of nitrogens with zero attached hydrogens (tertiary/aromatic N) is 4. The molecule has 110 valence electrons. The molecule has 2 aromatic heterocycles. The predicted octanol–water partition coefficient (Wildman–Crippen LogP) is 1.95. The van der Waals surface area contributed by atoms with Crippen molar-refractivity contribution in [3.8, 4) is 0 Å². The van der Waals surface area contributed by atoms with Crippen LogP contribution in [-0.2, 0) is 26.6 Å². The molecule has 20 heavy (non-hydrogen) atoms. The third kappa shape index (κ3) is 2.93. The molecule has 5 heteroatoms. The molecule has 0 saturated carbocycles. The molecule has 0 bridgehead atoms. The molecule has 0 aliphatic rings. The second-order valence-electron chi connectivity index (χ2n) is 5.19. The van der Waals surface area contributed by atoms with Crippen LogP contribution in [0.5, 0.6) is 0 Å². The lowest BCUT2D eigenvalue weighted by Crippen LogP contribution is -2.13. The van der Waals surface area contributed by atoms with Gasteiger partial charge in [-0.3, -0.25) is 9.36 Å². The maximum absolute atomic E-state index is 4.67. The van der Waals surface area contributed by atoms with Crippen molar-refractivity contribution in [2.24, 2.45) is 7.05 Å². The standard InChI is InChI=1S/C15H25N5/c1-6-13-8-14(19(5)18-13)10-20-12(4)15(9-16-7-2)11(3)17-20/h8,16H,6-7,9-10H2,1-5H3. The minimum Gasteiger partial charge on any atom is -0.313 e. The summed E-state index contributed by atoms with van der Waals surface area (Å²) in [6.07, 6.45) is 0.969. The van der Waals surface area contributed by atoms with Gasteiger partial charge >= 0.3 is 0 Å². The molecular formula is C15H25N5. The Bertz CT molecular complexity index is 579. The summed E-state index contributed by atoms with van der Waals surface area (Å²) >= 11 is 0. The zero-order valence-electron chi connectivity index (χ0n) is 13.2. The van der Waals surface area contributed by atoms with Gasteiger partial charge in [0.05, 0.1) is 23.6 Å². The Morgan fingerprint density at radius 3 is 2.55 bits per heavy atom. The number of aromatic nitrogens is 4. The monoisotopic (exact) mass is 275 g/mol. The Hall–Kier alpha value is -1.62. The zero-order valence-corrected chi connectivity index (χ0v) is 13.2. The van der Waals surface area contributed by atoms with Crippen molar-refractivity contribution in [3.63, 3.8) is 0 Å². The number of hydrogen-bond acceptors (Lipinski definition) is 3. The molecule has 2 heterocycles. The second kappa shape index (κ2) is 6.22. The fraction of sp³-hybridized carbons (Fsp3) is 0.600. The van der Waals surface area contributed by atoms with Gasteiger partial charge in [-0.25, -0.2) is 0 Å². The summed E-state index contributed by atoms with van der Waals surface area (Å²) < 4.78 is 4.04. The summed E-state index contributed by atoms with van der Waals surface area (Å²) in [7, 11) is 2.00. The van der Waals surface area contributed by atoms with E-state index in [1.165, 1.54) is 17.0 Å². The Balaban J connectivity index is 2.23. The average Bonchev–Trinajstić information content (AvgIpc) is 2.90. The van der Waals surface area contributed by atoms with E-state index >= 15 is 0 Å². The van der Waals surface area contributed by atoms with Crippen LogP contribution in [0.4, 0.5) is 0 Å². The summed E-state index contributed by atoms with van der Waals surface area (Å²) in [5.74, 6) is 0. The van der Waals surface area contributed by atoms with Gasteiger partial charge in [0.1, 0.15) is 0 Å². The smallest absolute Gasteiger partial charge is 0.0831 e. The highest BCUT2D eigenvalue weighted by atomic mass is 15.3. The molecule has 1 N–H and O–H groups in total. The topological polar surface area (TPSA) is 47.7 Å². The van der Waals surface area contributed by atoms with Crippen LogP contribution >= 0.6 is 0 Å². The number of nitrogens with one attached hydrogen (secondary N) is 1. The van der Waals surface area contributed by atoms with Gasteiger partial charge in [0.2, 0.25) is 0 Å². The molecule has 0 fully saturated rings. The van der Waals surface area contributed by atoms with Crippen molar-refractivity contribution in [1.82, 2.24) is 24.9 Å². The number of aryl methyl sites for hydroxylation is 3. The van der Waals surface area contributed by atoms with Crippen LogP contribution in [0.3, 0.4) is 0 Å². The fourth-order valence-electron chi connectivity index (χ4n) is 2.44. The maximum atomic E-state index is 4.67. The molecule has 0 aliphatic heterocycles. The van der Waals surface area contributed by atoms with Crippen molar-refractivity contribution < 1.29 is 0 Å². The van der Waals surface area contributed by atoms with Crippen molar-refractivity contribution >= 4 is 0 Å². The van der Waals surface area contributed by atoms with Crippen molar-refractivity contribution in [1.29, 1.82) is 0 Å². The average molecular weight is 275 g/mol. The molecule has 0 unspecified atom stereocenters. The van der Waals surface area contributed by atoms with E-state index in [0.717, 1.165) is 37.4 Å². The van der Waals surface area contributed by atoms with Gasteiger partial charge in [-0.1, -0.05) is 13.8 Å². The second-order valence-corrected chi connectivity index (χ2v) is 5.19. The van der Waals surface area contributed by atoms with Gasteiger partial charge in [-0.05, 0) is 32.9 Å². The normalized spacial score (nSPS) is 11.2. The van der Waals surface area contributed by atoms with E-state index in [-0.39, 0.29) is 0 Å². The molecule has 5 nitrogen and oxygen atoms in total. The van der Waals surface area contributed by atoms with Gasteiger partial charge in [0.25, 0.3) is 0 Å². The first-order valence-electron chi connectivity index (χ1n) is 7.32. The van der Waals surface area contributed by atoms with E-state index < -0.39 is 0 Å². The molecule has 2 rings (SSSR count). The first-order chi connectivity index (χ1) is 9.56. The highest BCUT2D eigenvalue weighted by molar-refractivity contribution is 5.25. The molecule has 0 radical (unpaired) electrons. The predicted molar refractivity (Wildman–Crippen MR) is 80.8 cm³/mol. The van der Waals surface area contributed by atoms with Crippen LogP contribution in [0, 0.1) is 13.8 Å². The maximum Gasteiger partial charge on any atom is 0.0831 e. The molecular weight excluding hydrogens is 250 g/mol. The summed E-state index contributed by atoms with van der Waals surface area (Å²) in [6, 6.07) is 2.17. The highest BCUT2D eigenvalue weighted by Crippen LogP contribution is 2.15. The van der Waals surface area contributed by atoms with E-state index in [1.54, 1.807) is 0 Å². The minimum atomic E-state index is 0.780. The number of rotatable bonds is 6. The Morgan fingerprint density at radius 2 is 1.95 bits per heavy atom. The van der Waals surface area contributed by atoms with E-state index in [0.29, 0.717) is 0 Å². The SMILES string of the molecule is CCNCc1c(C)nn(Cc2cc(CC)nn2C)c1C. The van der Waals surface area contributed by atoms with E-state index in [1.807, 2.05) is 11.7 Å². The van der Waals surface area contributed by atoms with Crippen molar-refractivity contribution in [3.05, 3.63) is 34.4 Å². The summed E-state index contributed by atoms with van der Waals surface area (Å²) in [5, 5.41) is 12.5. The van der Waals surface area contributed by atoms with Crippen LogP contribution in [0.25, 0.3) is 0 Å². The third-order valence-electron chi connectivity index (χ3n) is 3.78. The van der Waals surface area contributed by atoms with Crippen molar-refractivity contribution in [2.75, 3.05) is 6.54 Å². The minimum absolute atomic E-state index is 0.780. The van der Waals surface area contributed by atoms with Gasteiger partial charge in [0, 0.05) is 24.8 Å². The van der Waals surface area contributed by atoms with Crippen LogP contribution in [0.15, 0.2) is 6.07 Å². The summed E-state index contributed by atoms with van der Waals surface area (Å²) in [5.41, 5.74) is 5.99. The van der Waals surface area contributed by atoms with E-state index in [2.05, 4.69) is 54.0 Å². The number of hydrogen-bond donors (Lipinski definition) is 1.